The van der Waals surface area contributed by atoms with E-state index in [1.165, 1.54) is 12.1 Å². The summed E-state index contributed by atoms with van der Waals surface area (Å²) >= 11 is 3.27. The zero-order valence-electron chi connectivity index (χ0n) is 10.0. The lowest BCUT2D eigenvalue weighted by Gasteiger charge is -2.27. The maximum Gasteiger partial charge on any atom is 0.297 e. The average molecular weight is 345 g/mol. The second-order valence-electron chi connectivity index (χ2n) is 4.70. The number of hydrogen-bond donors (Lipinski definition) is 0. The third-order valence-corrected chi connectivity index (χ3v) is 5.15. The smallest absolute Gasteiger partial charge is 0.297 e. The Bertz CT molecular complexity index is 580. The molecule has 4 nitrogen and oxygen atoms in total. The Morgan fingerprint density at radius 2 is 1.68 bits per heavy atom. The summed E-state index contributed by atoms with van der Waals surface area (Å²) in [6.07, 6.45) is 4.78. The van der Waals surface area contributed by atoms with E-state index in [0.29, 0.717) is 12.8 Å². The Hall–Kier alpha value is -0.690. The minimum atomic E-state index is -3.70. The van der Waals surface area contributed by atoms with Crippen LogP contribution in [0.15, 0.2) is 45.8 Å². The highest BCUT2D eigenvalue weighted by Crippen LogP contribution is 2.30. The first-order valence-electron chi connectivity index (χ1n) is 6.05. The maximum atomic E-state index is 12.1. The highest BCUT2D eigenvalue weighted by atomic mass is 79.9. The van der Waals surface area contributed by atoms with Gasteiger partial charge in [-0.3, -0.25) is 4.18 Å². The van der Waals surface area contributed by atoms with Gasteiger partial charge in [0.15, 0.2) is 0 Å². The van der Waals surface area contributed by atoms with Gasteiger partial charge in [-0.05, 0) is 24.3 Å². The molecule has 0 aliphatic carbocycles. The summed E-state index contributed by atoms with van der Waals surface area (Å²) in [5.41, 5.74) is 0. The third kappa shape index (κ3) is 2.91. The molecule has 1 fully saturated rings. The van der Waals surface area contributed by atoms with E-state index in [9.17, 15) is 8.42 Å². The molecule has 0 aromatic heterocycles. The van der Waals surface area contributed by atoms with Crippen LogP contribution in [-0.4, -0.2) is 26.7 Å². The fraction of sp³-hybridized carbons (Fsp3) is 0.385. The SMILES string of the molecule is O=S(=O)(OC1C[C@H]2C=C[C@@H](C1)O2)c1ccc(Br)cc1. The Balaban J connectivity index is 1.73. The van der Waals surface area contributed by atoms with Crippen LogP contribution in [0, 0.1) is 0 Å². The quantitative estimate of drug-likeness (QED) is 0.624. The summed E-state index contributed by atoms with van der Waals surface area (Å²) in [5, 5.41) is 0. The molecule has 0 amide bonds. The Kier molecular flexibility index (Phi) is 3.51. The van der Waals surface area contributed by atoms with Crippen LogP contribution in [0.3, 0.4) is 0 Å². The van der Waals surface area contributed by atoms with Gasteiger partial charge in [-0.2, -0.15) is 8.42 Å². The number of ether oxygens (including phenoxy) is 1. The normalized spacial score (nSPS) is 29.6. The Morgan fingerprint density at radius 3 is 2.26 bits per heavy atom. The van der Waals surface area contributed by atoms with Gasteiger partial charge in [-0.15, -0.1) is 0 Å². The van der Waals surface area contributed by atoms with E-state index in [1.807, 2.05) is 12.2 Å². The van der Waals surface area contributed by atoms with E-state index in [1.54, 1.807) is 12.1 Å². The molecule has 6 heteroatoms. The number of fused-ring (bicyclic) bond motifs is 2. The van der Waals surface area contributed by atoms with Crippen LogP contribution in [0.25, 0.3) is 0 Å². The lowest BCUT2D eigenvalue weighted by atomic mass is 10.1. The first kappa shape index (κ1) is 13.3. The summed E-state index contributed by atoms with van der Waals surface area (Å²) in [6.45, 7) is 0. The van der Waals surface area contributed by atoms with Gasteiger partial charge in [0.1, 0.15) is 0 Å². The van der Waals surface area contributed by atoms with Crippen LogP contribution in [0.2, 0.25) is 0 Å². The fourth-order valence-corrected chi connectivity index (χ4v) is 3.72. The molecule has 2 aliphatic heterocycles. The second-order valence-corrected chi connectivity index (χ2v) is 7.18. The van der Waals surface area contributed by atoms with Crippen molar-refractivity contribution in [2.75, 3.05) is 0 Å². The second kappa shape index (κ2) is 5.01. The van der Waals surface area contributed by atoms with E-state index in [0.717, 1.165) is 4.47 Å². The van der Waals surface area contributed by atoms with E-state index in [2.05, 4.69) is 15.9 Å². The monoisotopic (exact) mass is 344 g/mol. The molecule has 19 heavy (non-hydrogen) atoms. The zero-order valence-corrected chi connectivity index (χ0v) is 12.4. The van der Waals surface area contributed by atoms with Crippen LogP contribution in [0.5, 0.6) is 0 Å². The van der Waals surface area contributed by atoms with Crippen LogP contribution in [0.4, 0.5) is 0 Å². The van der Waals surface area contributed by atoms with Gasteiger partial charge in [-0.1, -0.05) is 28.1 Å². The molecule has 1 saturated heterocycles. The lowest BCUT2D eigenvalue weighted by Crippen LogP contribution is -2.32. The number of benzene rings is 1. The molecule has 102 valence electrons. The summed E-state index contributed by atoms with van der Waals surface area (Å²) in [7, 11) is -3.70. The van der Waals surface area contributed by atoms with Gasteiger partial charge in [-0.25, -0.2) is 0 Å². The standard InChI is InChI=1S/C13H13BrO4S/c14-9-1-5-13(6-2-9)19(15,16)18-12-7-10-3-4-11(8-12)17-10/h1-6,10-12H,7-8H2/t10-,11+,12?. The molecular formula is C13H13BrO4S. The first-order valence-corrected chi connectivity index (χ1v) is 8.26. The van der Waals surface area contributed by atoms with Crippen LogP contribution < -0.4 is 0 Å². The van der Waals surface area contributed by atoms with Gasteiger partial charge in [0.25, 0.3) is 10.1 Å². The van der Waals surface area contributed by atoms with Gasteiger partial charge < -0.3 is 4.74 Å². The van der Waals surface area contributed by atoms with Crippen molar-refractivity contribution in [2.24, 2.45) is 0 Å². The summed E-state index contributed by atoms with van der Waals surface area (Å²) in [5.74, 6) is 0. The van der Waals surface area contributed by atoms with E-state index >= 15 is 0 Å². The molecule has 1 aromatic carbocycles. The molecule has 1 aromatic rings. The van der Waals surface area contributed by atoms with Gasteiger partial charge in [0.2, 0.25) is 0 Å². The lowest BCUT2D eigenvalue weighted by molar-refractivity contribution is -0.0301. The average Bonchev–Trinajstić information content (AvgIpc) is 2.69. The summed E-state index contributed by atoms with van der Waals surface area (Å²) in [6, 6.07) is 6.44. The Morgan fingerprint density at radius 1 is 1.11 bits per heavy atom. The molecule has 2 bridgehead atoms. The van der Waals surface area contributed by atoms with E-state index in [-0.39, 0.29) is 23.2 Å². The van der Waals surface area contributed by atoms with E-state index in [4.69, 9.17) is 8.92 Å². The molecular weight excluding hydrogens is 332 g/mol. The Labute approximate surface area is 120 Å². The molecule has 0 saturated carbocycles. The van der Waals surface area contributed by atoms with Gasteiger partial charge in [0.05, 0.1) is 23.2 Å². The first-order chi connectivity index (χ1) is 9.03. The van der Waals surface area contributed by atoms with Crippen molar-refractivity contribution >= 4 is 26.0 Å². The molecule has 0 radical (unpaired) electrons. The zero-order chi connectivity index (χ0) is 13.5. The van der Waals surface area contributed by atoms with Crippen molar-refractivity contribution in [3.63, 3.8) is 0 Å². The molecule has 0 N–H and O–H groups in total. The molecule has 2 aliphatic rings. The molecule has 2 heterocycles. The highest BCUT2D eigenvalue weighted by molar-refractivity contribution is 9.10. The largest absolute Gasteiger partial charge is 0.367 e. The van der Waals surface area contributed by atoms with Crippen molar-refractivity contribution in [3.05, 3.63) is 40.9 Å². The van der Waals surface area contributed by atoms with Crippen molar-refractivity contribution in [1.82, 2.24) is 0 Å². The number of halogens is 1. The van der Waals surface area contributed by atoms with Crippen molar-refractivity contribution in [3.8, 4) is 0 Å². The topological polar surface area (TPSA) is 52.6 Å². The highest BCUT2D eigenvalue weighted by Gasteiger charge is 2.34. The molecule has 3 atom stereocenters. The summed E-state index contributed by atoms with van der Waals surface area (Å²) in [4.78, 5) is 0.183. The predicted octanol–water partition coefficient (Wildman–Crippen LogP) is 2.64. The van der Waals surface area contributed by atoms with E-state index < -0.39 is 10.1 Å². The summed E-state index contributed by atoms with van der Waals surface area (Å²) < 4.78 is 36.0. The minimum Gasteiger partial charge on any atom is -0.367 e. The number of rotatable bonds is 3. The molecule has 0 spiro atoms. The van der Waals surface area contributed by atoms with Gasteiger partial charge >= 0.3 is 0 Å². The van der Waals surface area contributed by atoms with Crippen LogP contribution >= 0.6 is 15.9 Å². The van der Waals surface area contributed by atoms with Gasteiger partial charge in [0, 0.05) is 17.3 Å². The van der Waals surface area contributed by atoms with Crippen LogP contribution in [-0.2, 0) is 19.0 Å². The van der Waals surface area contributed by atoms with Crippen molar-refractivity contribution in [1.29, 1.82) is 0 Å². The maximum absolute atomic E-state index is 12.1. The fourth-order valence-electron chi connectivity index (χ4n) is 2.36. The third-order valence-electron chi connectivity index (χ3n) is 3.25. The van der Waals surface area contributed by atoms with Crippen LogP contribution in [0.1, 0.15) is 12.8 Å². The van der Waals surface area contributed by atoms with Crippen molar-refractivity contribution < 1.29 is 17.3 Å². The predicted molar refractivity (Wildman–Crippen MR) is 73.2 cm³/mol. The van der Waals surface area contributed by atoms with Crippen molar-refractivity contribution in [2.45, 2.75) is 36.0 Å². The molecule has 3 rings (SSSR count). The molecule has 1 unspecified atom stereocenters. The number of hydrogen-bond acceptors (Lipinski definition) is 4. The minimum absolute atomic E-state index is 0.0103.